The van der Waals surface area contributed by atoms with Crippen molar-refractivity contribution in [2.24, 2.45) is 7.05 Å². The number of nitrogens with zero attached hydrogens (tertiary/aromatic N) is 2. The summed E-state index contributed by atoms with van der Waals surface area (Å²) in [4.78, 5) is 0. The SMILES string of the molecule is CNc1c2c(nn1C)-c1ccccc1OC2. The normalized spacial score (nSPS) is 12.6. The number of aryl methyl sites for hydroxylation is 1. The predicted octanol–water partition coefficient (Wildman–Crippen LogP) is 2.02. The average molecular weight is 215 g/mol. The molecule has 82 valence electrons. The lowest BCUT2D eigenvalue weighted by Crippen LogP contribution is -2.06. The minimum absolute atomic E-state index is 0.580. The van der Waals surface area contributed by atoms with E-state index in [1.54, 1.807) is 0 Å². The Morgan fingerprint density at radius 3 is 3.00 bits per heavy atom. The number of anilines is 1. The van der Waals surface area contributed by atoms with Gasteiger partial charge in [-0.1, -0.05) is 12.1 Å². The van der Waals surface area contributed by atoms with Gasteiger partial charge in [-0.15, -0.1) is 0 Å². The first-order chi connectivity index (χ1) is 7.81. The van der Waals surface area contributed by atoms with Crippen LogP contribution in [0.5, 0.6) is 5.75 Å². The van der Waals surface area contributed by atoms with Crippen LogP contribution >= 0.6 is 0 Å². The van der Waals surface area contributed by atoms with E-state index in [1.807, 2.05) is 43.0 Å². The number of fused-ring (bicyclic) bond motifs is 3. The first-order valence-electron chi connectivity index (χ1n) is 5.27. The Kier molecular flexibility index (Phi) is 1.89. The smallest absolute Gasteiger partial charge is 0.131 e. The van der Waals surface area contributed by atoms with Gasteiger partial charge in [0.1, 0.15) is 23.9 Å². The summed E-state index contributed by atoms with van der Waals surface area (Å²) >= 11 is 0. The van der Waals surface area contributed by atoms with Gasteiger partial charge >= 0.3 is 0 Å². The molecule has 1 aromatic carbocycles. The molecule has 3 rings (SSSR count). The molecule has 4 nitrogen and oxygen atoms in total. The summed E-state index contributed by atoms with van der Waals surface area (Å²) in [6.07, 6.45) is 0. The maximum absolute atomic E-state index is 5.71. The molecule has 2 aromatic rings. The molecule has 0 saturated heterocycles. The van der Waals surface area contributed by atoms with Crippen molar-refractivity contribution in [3.05, 3.63) is 29.8 Å². The lowest BCUT2D eigenvalue weighted by Gasteiger charge is -2.16. The third-order valence-corrected chi connectivity index (χ3v) is 2.90. The molecule has 0 amide bonds. The molecule has 0 aliphatic carbocycles. The lowest BCUT2D eigenvalue weighted by atomic mass is 10.0. The summed E-state index contributed by atoms with van der Waals surface area (Å²) < 4.78 is 7.57. The fourth-order valence-electron chi connectivity index (χ4n) is 2.17. The van der Waals surface area contributed by atoms with E-state index in [0.29, 0.717) is 6.61 Å². The summed E-state index contributed by atoms with van der Waals surface area (Å²) in [5.74, 6) is 1.93. The second kappa shape index (κ2) is 3.27. The summed E-state index contributed by atoms with van der Waals surface area (Å²) in [5.41, 5.74) is 3.22. The quantitative estimate of drug-likeness (QED) is 0.791. The van der Waals surface area contributed by atoms with Crippen LogP contribution < -0.4 is 10.1 Å². The molecule has 1 N–H and O–H groups in total. The van der Waals surface area contributed by atoms with E-state index in [2.05, 4.69) is 10.4 Å². The monoisotopic (exact) mass is 215 g/mol. The molecule has 0 radical (unpaired) electrons. The molecule has 1 aromatic heterocycles. The van der Waals surface area contributed by atoms with Crippen LogP contribution in [0.4, 0.5) is 5.82 Å². The van der Waals surface area contributed by atoms with Gasteiger partial charge in [0.05, 0.1) is 5.56 Å². The van der Waals surface area contributed by atoms with Gasteiger partial charge in [-0.25, -0.2) is 0 Å². The van der Waals surface area contributed by atoms with Crippen LogP contribution in [-0.2, 0) is 13.7 Å². The fraction of sp³-hybridized carbons (Fsp3) is 0.250. The predicted molar refractivity (Wildman–Crippen MR) is 62.5 cm³/mol. The zero-order valence-corrected chi connectivity index (χ0v) is 9.32. The van der Waals surface area contributed by atoms with Crippen molar-refractivity contribution in [3.8, 4) is 17.0 Å². The number of ether oxygens (including phenoxy) is 1. The van der Waals surface area contributed by atoms with E-state index in [0.717, 1.165) is 28.4 Å². The number of nitrogens with one attached hydrogen (secondary N) is 1. The number of para-hydroxylation sites is 1. The molecule has 1 aliphatic heterocycles. The first kappa shape index (κ1) is 9.27. The molecule has 0 fully saturated rings. The van der Waals surface area contributed by atoms with Crippen LogP contribution in [-0.4, -0.2) is 16.8 Å². The van der Waals surface area contributed by atoms with Gasteiger partial charge in [-0.2, -0.15) is 5.10 Å². The van der Waals surface area contributed by atoms with Gasteiger partial charge < -0.3 is 10.1 Å². The second-order valence-corrected chi connectivity index (χ2v) is 3.83. The van der Waals surface area contributed by atoms with Crippen molar-refractivity contribution in [1.82, 2.24) is 9.78 Å². The maximum atomic E-state index is 5.71. The highest BCUT2D eigenvalue weighted by Gasteiger charge is 2.23. The summed E-state index contributed by atoms with van der Waals surface area (Å²) in [6, 6.07) is 8.00. The van der Waals surface area contributed by atoms with Crippen LogP contribution in [0, 0.1) is 0 Å². The molecule has 4 heteroatoms. The summed E-state index contributed by atoms with van der Waals surface area (Å²) in [5, 5.41) is 7.69. The average Bonchev–Trinajstić information content (AvgIpc) is 2.65. The molecule has 0 spiro atoms. The van der Waals surface area contributed by atoms with E-state index in [-0.39, 0.29) is 0 Å². The van der Waals surface area contributed by atoms with Gasteiger partial charge in [0.25, 0.3) is 0 Å². The van der Waals surface area contributed by atoms with Gasteiger partial charge in [-0.05, 0) is 12.1 Å². The van der Waals surface area contributed by atoms with Crippen molar-refractivity contribution < 1.29 is 4.74 Å². The molecule has 0 unspecified atom stereocenters. The van der Waals surface area contributed by atoms with Crippen molar-refractivity contribution >= 4 is 5.82 Å². The van der Waals surface area contributed by atoms with E-state index < -0.39 is 0 Å². The third kappa shape index (κ3) is 1.13. The van der Waals surface area contributed by atoms with Gasteiger partial charge in [-0.3, -0.25) is 4.68 Å². The molecular formula is C12H13N3O. The van der Waals surface area contributed by atoms with Crippen molar-refractivity contribution in [3.63, 3.8) is 0 Å². The van der Waals surface area contributed by atoms with Crippen LogP contribution in [0.15, 0.2) is 24.3 Å². The minimum atomic E-state index is 0.580. The Hall–Kier alpha value is -1.97. The fourth-order valence-corrected chi connectivity index (χ4v) is 2.17. The molecule has 0 atom stereocenters. The minimum Gasteiger partial charge on any atom is -0.488 e. The maximum Gasteiger partial charge on any atom is 0.131 e. The van der Waals surface area contributed by atoms with E-state index >= 15 is 0 Å². The van der Waals surface area contributed by atoms with E-state index in [4.69, 9.17) is 4.74 Å². The van der Waals surface area contributed by atoms with E-state index in [1.165, 1.54) is 0 Å². The zero-order valence-electron chi connectivity index (χ0n) is 9.32. The van der Waals surface area contributed by atoms with Crippen LogP contribution in [0.25, 0.3) is 11.3 Å². The van der Waals surface area contributed by atoms with Crippen LogP contribution in [0.1, 0.15) is 5.56 Å². The highest BCUT2D eigenvalue weighted by molar-refractivity contribution is 5.75. The highest BCUT2D eigenvalue weighted by Crippen LogP contribution is 2.38. The number of benzene rings is 1. The lowest BCUT2D eigenvalue weighted by molar-refractivity contribution is 0.303. The Morgan fingerprint density at radius 1 is 1.38 bits per heavy atom. The Labute approximate surface area is 93.8 Å². The highest BCUT2D eigenvalue weighted by atomic mass is 16.5. The van der Waals surface area contributed by atoms with Gasteiger partial charge in [0, 0.05) is 19.7 Å². The second-order valence-electron chi connectivity index (χ2n) is 3.83. The largest absolute Gasteiger partial charge is 0.488 e. The molecule has 0 bridgehead atoms. The molecule has 0 saturated carbocycles. The first-order valence-corrected chi connectivity index (χ1v) is 5.27. The van der Waals surface area contributed by atoms with Crippen molar-refractivity contribution in [2.75, 3.05) is 12.4 Å². The standard InChI is InChI=1S/C12H13N3O/c1-13-12-9-7-16-10-6-4-3-5-8(10)11(9)14-15(12)2/h3-6,13H,7H2,1-2H3. The van der Waals surface area contributed by atoms with Crippen molar-refractivity contribution in [2.45, 2.75) is 6.61 Å². The third-order valence-electron chi connectivity index (χ3n) is 2.90. The molecular weight excluding hydrogens is 202 g/mol. The Morgan fingerprint density at radius 2 is 2.19 bits per heavy atom. The van der Waals surface area contributed by atoms with Crippen molar-refractivity contribution in [1.29, 1.82) is 0 Å². The van der Waals surface area contributed by atoms with Crippen LogP contribution in [0.2, 0.25) is 0 Å². The van der Waals surface area contributed by atoms with E-state index in [9.17, 15) is 0 Å². The summed E-state index contributed by atoms with van der Waals surface area (Å²) in [6.45, 7) is 0.580. The Balaban J connectivity index is 2.26. The number of aromatic nitrogens is 2. The topological polar surface area (TPSA) is 39.1 Å². The van der Waals surface area contributed by atoms with Gasteiger partial charge in [0.15, 0.2) is 0 Å². The van der Waals surface area contributed by atoms with Crippen LogP contribution in [0.3, 0.4) is 0 Å². The number of rotatable bonds is 1. The van der Waals surface area contributed by atoms with Gasteiger partial charge in [0.2, 0.25) is 0 Å². The molecule has 1 aliphatic rings. The zero-order chi connectivity index (χ0) is 11.1. The molecule has 2 heterocycles. The number of hydrogen-bond acceptors (Lipinski definition) is 3. The molecule has 16 heavy (non-hydrogen) atoms. The number of hydrogen-bond donors (Lipinski definition) is 1. The summed E-state index contributed by atoms with van der Waals surface area (Å²) in [7, 11) is 3.84. The Bertz CT molecular complexity index is 545.